The number of unbranched alkanes of at least 4 members (excludes halogenated alkanes) is 1. The molecule has 2 fully saturated rings. The highest BCUT2D eigenvalue weighted by Gasteiger charge is 2.42. The number of guanidine groups is 1. The number of carbonyl (C=O) groups is 13. The van der Waals surface area contributed by atoms with Gasteiger partial charge in [0, 0.05) is 45.3 Å². The van der Waals surface area contributed by atoms with Crippen molar-refractivity contribution in [3.8, 4) is 0 Å². The minimum atomic E-state index is -1.64. The second-order valence-electron chi connectivity index (χ2n) is 24.1. The highest BCUT2D eigenvalue weighted by Crippen LogP contribution is 2.24. The maximum Gasteiger partial charge on any atom is 0.245 e. The smallest absolute Gasteiger partial charge is 0.245 e. The number of nitrogens with zero attached hydrogens (tertiary/aromatic N) is 3. The summed E-state index contributed by atoms with van der Waals surface area (Å²) in [7, 11) is 0. The lowest BCUT2D eigenvalue weighted by Crippen LogP contribution is -2.60. The summed E-state index contributed by atoms with van der Waals surface area (Å²) in [5, 5.41) is 21.1. The standard InChI is InChI=1S/C63H98N18O13S/c1-37(2)33-45(57(89)74-41(53(68)85)27-32-95-3)73-52(84)36-72-54(86)46(34-38-15-6-4-7-16-38)78-58(90)47(35-39-17-8-5-9-18-39)79-56(88)42(23-25-50(66)82)75-55(87)43(24-26-51(67)83)76-59(91)49-22-14-31-81(49)62(94)44(20-10-11-28-64)77-60(92)48-21-13-30-80(48)61(93)40(65)19-12-29-71-63(69)70/h4-9,15-18,37,40-49H,10-14,19-36,64-65H2,1-3H3,(H2,66,82)(H2,67,83)(H2,68,85)(H,72,86)(H,73,84)(H,74,89)(H,75,87)(H,76,91)(H,77,92)(H,78,90)(H,79,88)(H4,69,70,71)/t40-,41-,42-,43-,44+,45+,46-,47+,48-,49-/m0/s1. The van der Waals surface area contributed by atoms with Crippen molar-refractivity contribution in [2.24, 2.45) is 51.0 Å². The lowest BCUT2D eigenvalue weighted by molar-refractivity contribution is -0.144. The summed E-state index contributed by atoms with van der Waals surface area (Å²) < 4.78 is 0. The Balaban J connectivity index is 1.56. The number of amides is 13. The van der Waals surface area contributed by atoms with Crippen LogP contribution in [0.4, 0.5) is 0 Å². The van der Waals surface area contributed by atoms with Crippen LogP contribution in [-0.2, 0) is 75.2 Å². The van der Waals surface area contributed by atoms with E-state index in [0.29, 0.717) is 55.4 Å². The highest BCUT2D eigenvalue weighted by atomic mass is 32.2. The minimum Gasteiger partial charge on any atom is -0.370 e. The first kappa shape index (κ1) is 78.5. The third-order valence-electron chi connectivity index (χ3n) is 16.0. The molecule has 2 aromatic rings. The lowest BCUT2D eigenvalue weighted by atomic mass is 10.0. The normalized spacial score (nSPS) is 16.8. The quantitative estimate of drug-likeness (QED) is 0.0173. The number of primary amides is 3. The molecule has 2 heterocycles. The van der Waals surface area contributed by atoms with Crippen LogP contribution in [0.1, 0.15) is 121 Å². The largest absolute Gasteiger partial charge is 0.370 e. The van der Waals surface area contributed by atoms with Crippen LogP contribution in [0.25, 0.3) is 0 Å². The van der Waals surface area contributed by atoms with Crippen molar-refractivity contribution in [2.75, 3.05) is 44.7 Å². The van der Waals surface area contributed by atoms with Crippen molar-refractivity contribution in [3.63, 3.8) is 0 Å². The Morgan fingerprint density at radius 3 is 1.51 bits per heavy atom. The van der Waals surface area contributed by atoms with E-state index >= 15 is 0 Å². The predicted octanol–water partition coefficient (Wildman–Crippen LogP) is -3.71. The summed E-state index contributed by atoms with van der Waals surface area (Å²) >= 11 is 1.45. The number of hydrogen-bond acceptors (Lipinski definition) is 17. The molecule has 0 unspecified atom stereocenters. The fourth-order valence-electron chi connectivity index (χ4n) is 11.0. The van der Waals surface area contributed by atoms with E-state index in [-0.39, 0.29) is 83.0 Å². The molecule has 4 rings (SSSR count). The molecule has 22 N–H and O–H groups in total. The van der Waals surface area contributed by atoms with Crippen LogP contribution in [0.3, 0.4) is 0 Å². The van der Waals surface area contributed by atoms with Crippen LogP contribution in [-0.4, -0.2) is 198 Å². The summed E-state index contributed by atoms with van der Waals surface area (Å²) in [4.78, 5) is 185. The number of carbonyl (C=O) groups excluding carboxylic acids is 13. The number of nitrogens with one attached hydrogen (secondary N) is 8. The Bertz CT molecular complexity index is 2960. The van der Waals surface area contributed by atoms with Crippen LogP contribution < -0.4 is 82.7 Å². The molecule has 0 bridgehead atoms. The van der Waals surface area contributed by atoms with Gasteiger partial charge >= 0.3 is 0 Å². The Kier molecular flexibility index (Phi) is 33.9. The first-order valence-corrected chi connectivity index (χ1v) is 33.6. The fraction of sp³-hybridized carbons (Fsp3) is 0.587. The summed E-state index contributed by atoms with van der Waals surface area (Å²) in [6.45, 7) is 3.86. The van der Waals surface area contributed by atoms with E-state index in [1.165, 1.54) is 21.6 Å². The molecular formula is C63H98N18O13S. The van der Waals surface area contributed by atoms with Crippen molar-refractivity contribution >= 4 is 94.5 Å². The topological polar surface area (TPSA) is 519 Å². The van der Waals surface area contributed by atoms with Gasteiger partial charge in [-0.2, -0.15) is 11.8 Å². The summed E-state index contributed by atoms with van der Waals surface area (Å²) in [6.07, 6.45) is 3.12. The van der Waals surface area contributed by atoms with Crippen LogP contribution in [0.5, 0.6) is 0 Å². The van der Waals surface area contributed by atoms with E-state index in [4.69, 9.17) is 40.1 Å². The molecule has 2 aliphatic rings. The summed E-state index contributed by atoms with van der Waals surface area (Å²) in [5.41, 5.74) is 40.6. The molecule has 2 aliphatic heterocycles. The van der Waals surface area contributed by atoms with Gasteiger partial charge in [0.2, 0.25) is 76.8 Å². The second-order valence-corrected chi connectivity index (χ2v) is 25.1. The van der Waals surface area contributed by atoms with Crippen molar-refractivity contribution in [2.45, 2.75) is 183 Å². The van der Waals surface area contributed by atoms with E-state index in [2.05, 4.69) is 47.5 Å². The molecule has 2 aromatic carbocycles. The zero-order valence-electron chi connectivity index (χ0n) is 54.5. The van der Waals surface area contributed by atoms with Crippen molar-refractivity contribution in [1.82, 2.24) is 52.3 Å². The molecule has 2 saturated heterocycles. The average molecular weight is 1350 g/mol. The molecule has 0 saturated carbocycles. The molecule has 0 aromatic heterocycles. The molecule has 31 nitrogen and oxygen atoms in total. The van der Waals surface area contributed by atoms with Crippen molar-refractivity contribution < 1.29 is 62.3 Å². The number of nitrogens with two attached hydrogens (primary N) is 7. The van der Waals surface area contributed by atoms with E-state index in [9.17, 15) is 62.3 Å². The van der Waals surface area contributed by atoms with Gasteiger partial charge in [0.05, 0.1) is 12.6 Å². The monoisotopic (exact) mass is 1350 g/mol. The third kappa shape index (κ3) is 27.5. The van der Waals surface area contributed by atoms with E-state index in [1.54, 1.807) is 60.7 Å². The molecule has 32 heteroatoms. The number of thioether (sulfide) groups is 1. The Hall–Kier alpha value is -8.91. The number of likely N-dealkylation sites (tertiary alicyclic amines) is 2. The Labute approximate surface area is 558 Å². The second kappa shape index (κ2) is 41.0. The van der Waals surface area contributed by atoms with E-state index in [0.717, 1.165) is 0 Å². The Morgan fingerprint density at radius 2 is 1.01 bits per heavy atom. The minimum absolute atomic E-state index is 0.0736. The lowest BCUT2D eigenvalue weighted by Gasteiger charge is -2.32. The van der Waals surface area contributed by atoms with Gasteiger partial charge < -0.3 is 92.5 Å². The molecule has 0 radical (unpaired) electrons. The zero-order valence-corrected chi connectivity index (χ0v) is 55.3. The predicted molar refractivity (Wildman–Crippen MR) is 356 cm³/mol. The van der Waals surface area contributed by atoms with Crippen LogP contribution in [0.2, 0.25) is 0 Å². The number of hydrogen-bond donors (Lipinski definition) is 15. The first-order chi connectivity index (χ1) is 45.2. The number of benzene rings is 2. The van der Waals surface area contributed by atoms with E-state index < -0.39 is 169 Å². The zero-order chi connectivity index (χ0) is 70.1. The first-order valence-electron chi connectivity index (χ1n) is 32.2. The average Bonchev–Trinajstić information content (AvgIpc) is 1.74. The molecule has 524 valence electrons. The van der Waals surface area contributed by atoms with Gasteiger partial charge in [0.15, 0.2) is 5.96 Å². The fourth-order valence-corrected chi connectivity index (χ4v) is 11.5. The summed E-state index contributed by atoms with van der Waals surface area (Å²) in [5.74, 6) is -9.80. The molecular weight excluding hydrogens is 1250 g/mol. The maximum absolute atomic E-state index is 14.7. The van der Waals surface area contributed by atoms with Gasteiger partial charge in [0.1, 0.15) is 54.4 Å². The van der Waals surface area contributed by atoms with Gasteiger partial charge in [0.25, 0.3) is 0 Å². The maximum atomic E-state index is 14.7. The number of aliphatic imine (C=N–C) groups is 1. The summed E-state index contributed by atoms with van der Waals surface area (Å²) in [6, 6.07) is 4.51. The van der Waals surface area contributed by atoms with Crippen molar-refractivity contribution in [1.29, 1.82) is 0 Å². The molecule has 13 amide bonds. The molecule has 10 atom stereocenters. The van der Waals surface area contributed by atoms with Gasteiger partial charge in [-0.05, 0) is 119 Å². The highest BCUT2D eigenvalue weighted by molar-refractivity contribution is 7.98. The SMILES string of the molecule is CSCC[C@H](NC(=O)[C@@H](CC(C)C)NC(=O)CNC(=O)[C@H](Cc1ccccc1)NC(=O)[C@@H](Cc1ccccc1)NC(=O)[C@H](CCC(N)=O)NC(=O)[C@H](CCC(N)=O)NC(=O)[C@@H]1CCCN1C(=O)[C@@H](CCCCN)NC(=O)[C@@H]1CCCN1C(=O)[C@@H](N)CCCN=C(N)N)C(N)=O. The molecule has 95 heavy (non-hydrogen) atoms. The van der Waals surface area contributed by atoms with E-state index in [1.807, 2.05) is 20.1 Å². The van der Waals surface area contributed by atoms with Crippen LogP contribution in [0, 0.1) is 5.92 Å². The van der Waals surface area contributed by atoms with Crippen LogP contribution in [0.15, 0.2) is 65.7 Å². The molecule has 0 spiro atoms. The van der Waals surface area contributed by atoms with Crippen LogP contribution >= 0.6 is 11.8 Å². The van der Waals surface area contributed by atoms with Gasteiger partial charge in [-0.1, -0.05) is 74.5 Å². The third-order valence-corrected chi connectivity index (χ3v) is 16.7. The van der Waals surface area contributed by atoms with Gasteiger partial charge in [-0.15, -0.1) is 0 Å². The van der Waals surface area contributed by atoms with Gasteiger partial charge in [-0.3, -0.25) is 67.3 Å². The molecule has 0 aliphatic carbocycles. The number of rotatable bonds is 42. The Morgan fingerprint density at radius 1 is 0.537 bits per heavy atom. The van der Waals surface area contributed by atoms with Gasteiger partial charge in [-0.25, -0.2) is 0 Å². The van der Waals surface area contributed by atoms with Crippen molar-refractivity contribution in [3.05, 3.63) is 71.8 Å².